The number of urea groups is 1. The molecular formula is C13H15ClN2O3S. The molecule has 1 saturated heterocycles. The summed E-state index contributed by atoms with van der Waals surface area (Å²) < 4.78 is 0. The van der Waals surface area contributed by atoms with Crippen molar-refractivity contribution in [3.05, 3.63) is 28.8 Å². The van der Waals surface area contributed by atoms with Gasteiger partial charge >= 0.3 is 12.0 Å². The van der Waals surface area contributed by atoms with Crippen molar-refractivity contribution in [2.45, 2.75) is 18.9 Å². The average molecular weight is 315 g/mol. The van der Waals surface area contributed by atoms with E-state index in [-0.39, 0.29) is 22.7 Å². The Morgan fingerprint density at radius 3 is 2.60 bits per heavy atom. The second-order valence-electron chi connectivity index (χ2n) is 4.48. The van der Waals surface area contributed by atoms with E-state index in [2.05, 4.69) is 10.6 Å². The molecule has 1 heterocycles. The topological polar surface area (TPSA) is 78.4 Å². The van der Waals surface area contributed by atoms with Crippen molar-refractivity contribution in [3.63, 3.8) is 0 Å². The third-order valence-corrected chi connectivity index (χ3v) is 4.38. The number of halogens is 1. The molecule has 1 aliphatic heterocycles. The zero-order chi connectivity index (χ0) is 14.5. The molecule has 2 rings (SSSR count). The lowest BCUT2D eigenvalue weighted by atomic mass is 10.1. The summed E-state index contributed by atoms with van der Waals surface area (Å²) in [6.07, 6.45) is 1.94. The molecule has 1 aliphatic rings. The van der Waals surface area contributed by atoms with Crippen molar-refractivity contribution in [3.8, 4) is 0 Å². The Bertz CT molecular complexity index is 518. The van der Waals surface area contributed by atoms with E-state index in [9.17, 15) is 9.59 Å². The van der Waals surface area contributed by atoms with Gasteiger partial charge in [0.2, 0.25) is 0 Å². The summed E-state index contributed by atoms with van der Waals surface area (Å²) >= 11 is 7.74. The van der Waals surface area contributed by atoms with Crippen LogP contribution in [0.1, 0.15) is 23.2 Å². The van der Waals surface area contributed by atoms with Crippen molar-refractivity contribution in [2.24, 2.45) is 0 Å². The molecule has 0 atom stereocenters. The fraction of sp³-hybridized carbons (Fsp3) is 0.385. The Morgan fingerprint density at radius 1 is 1.30 bits per heavy atom. The van der Waals surface area contributed by atoms with Crippen LogP contribution in [-0.4, -0.2) is 34.7 Å². The van der Waals surface area contributed by atoms with Crippen molar-refractivity contribution in [1.29, 1.82) is 0 Å². The third-order valence-electron chi connectivity index (χ3n) is 3.01. The summed E-state index contributed by atoms with van der Waals surface area (Å²) in [6.45, 7) is 0. The summed E-state index contributed by atoms with van der Waals surface area (Å²) in [7, 11) is 0. The number of benzene rings is 1. The molecule has 0 radical (unpaired) electrons. The summed E-state index contributed by atoms with van der Waals surface area (Å²) in [5, 5.41) is 14.5. The quantitative estimate of drug-likeness (QED) is 0.801. The number of hydrogen-bond donors (Lipinski definition) is 3. The SMILES string of the molecule is O=C(Nc1ccc(C(=O)O)c(Cl)c1)NC1CCSCC1. The van der Waals surface area contributed by atoms with Gasteiger partial charge in [0.15, 0.2) is 0 Å². The van der Waals surface area contributed by atoms with Crippen LogP contribution in [0.25, 0.3) is 0 Å². The second-order valence-corrected chi connectivity index (χ2v) is 6.12. The highest BCUT2D eigenvalue weighted by Gasteiger charge is 2.16. The highest BCUT2D eigenvalue weighted by atomic mass is 35.5. The van der Waals surface area contributed by atoms with Crippen molar-refractivity contribution in [2.75, 3.05) is 16.8 Å². The van der Waals surface area contributed by atoms with Crippen LogP contribution in [0.5, 0.6) is 0 Å². The number of anilines is 1. The first-order chi connectivity index (χ1) is 9.56. The van der Waals surface area contributed by atoms with Crippen LogP contribution in [0, 0.1) is 0 Å². The van der Waals surface area contributed by atoms with Crippen LogP contribution in [-0.2, 0) is 0 Å². The smallest absolute Gasteiger partial charge is 0.337 e. The third kappa shape index (κ3) is 4.05. The maximum atomic E-state index is 11.8. The fourth-order valence-electron chi connectivity index (χ4n) is 1.96. The number of thioether (sulfide) groups is 1. The van der Waals surface area contributed by atoms with Gasteiger partial charge < -0.3 is 15.7 Å². The molecule has 1 aromatic rings. The highest BCUT2D eigenvalue weighted by Crippen LogP contribution is 2.21. The Labute approximate surface area is 126 Å². The van der Waals surface area contributed by atoms with E-state index in [4.69, 9.17) is 16.7 Å². The zero-order valence-corrected chi connectivity index (χ0v) is 12.3. The molecule has 3 N–H and O–H groups in total. The van der Waals surface area contributed by atoms with Gasteiger partial charge in [-0.2, -0.15) is 11.8 Å². The molecule has 0 saturated carbocycles. The van der Waals surface area contributed by atoms with Crippen LogP contribution in [0.3, 0.4) is 0 Å². The molecule has 20 heavy (non-hydrogen) atoms. The van der Waals surface area contributed by atoms with Crippen LogP contribution in [0.4, 0.5) is 10.5 Å². The largest absolute Gasteiger partial charge is 0.478 e. The van der Waals surface area contributed by atoms with Crippen LogP contribution in [0.2, 0.25) is 5.02 Å². The predicted octanol–water partition coefficient (Wildman–Crippen LogP) is 3.06. The average Bonchev–Trinajstić information content (AvgIpc) is 2.39. The van der Waals surface area contributed by atoms with E-state index < -0.39 is 5.97 Å². The first kappa shape index (κ1) is 15.0. The lowest BCUT2D eigenvalue weighted by Gasteiger charge is -2.22. The van der Waals surface area contributed by atoms with Crippen LogP contribution in [0.15, 0.2) is 18.2 Å². The standard InChI is InChI=1S/C13H15ClN2O3S/c14-11-7-9(1-2-10(11)12(17)18)16-13(19)15-8-3-5-20-6-4-8/h1-2,7-8H,3-6H2,(H,17,18)(H2,15,16,19). The van der Waals surface area contributed by atoms with Crippen molar-refractivity contribution in [1.82, 2.24) is 5.32 Å². The lowest BCUT2D eigenvalue weighted by Crippen LogP contribution is -2.39. The van der Waals surface area contributed by atoms with Gasteiger partial charge in [-0.05, 0) is 42.5 Å². The summed E-state index contributed by atoms with van der Waals surface area (Å²) in [5.74, 6) is 1.03. The van der Waals surface area contributed by atoms with E-state index in [1.54, 1.807) is 0 Å². The number of carbonyl (C=O) groups is 2. The van der Waals surface area contributed by atoms with Gasteiger partial charge in [-0.25, -0.2) is 9.59 Å². The van der Waals surface area contributed by atoms with E-state index in [0.29, 0.717) is 5.69 Å². The van der Waals surface area contributed by atoms with Crippen LogP contribution >= 0.6 is 23.4 Å². The number of nitrogens with one attached hydrogen (secondary N) is 2. The molecule has 5 nitrogen and oxygen atoms in total. The number of hydrogen-bond acceptors (Lipinski definition) is 3. The molecule has 1 fully saturated rings. The second kappa shape index (κ2) is 6.85. The van der Waals surface area contributed by atoms with E-state index in [0.717, 1.165) is 24.3 Å². The Kier molecular flexibility index (Phi) is 5.14. The molecule has 0 spiro atoms. The summed E-state index contributed by atoms with van der Waals surface area (Å²) in [5.41, 5.74) is 0.490. The first-order valence-corrected chi connectivity index (χ1v) is 7.77. The Morgan fingerprint density at radius 2 is 2.00 bits per heavy atom. The molecule has 0 aliphatic carbocycles. The van der Waals surface area contributed by atoms with Gasteiger partial charge in [-0.1, -0.05) is 11.6 Å². The normalized spacial score (nSPS) is 15.7. The van der Waals surface area contributed by atoms with Gasteiger partial charge in [-0.3, -0.25) is 0 Å². The summed E-state index contributed by atoms with van der Waals surface area (Å²) in [6, 6.07) is 4.23. The van der Waals surface area contributed by atoms with Gasteiger partial charge in [0.1, 0.15) is 0 Å². The van der Waals surface area contributed by atoms with Gasteiger partial charge in [0, 0.05) is 11.7 Å². The van der Waals surface area contributed by atoms with Crippen LogP contribution < -0.4 is 10.6 Å². The van der Waals surface area contributed by atoms with E-state index in [1.807, 2.05) is 11.8 Å². The highest BCUT2D eigenvalue weighted by molar-refractivity contribution is 7.99. The molecule has 108 valence electrons. The van der Waals surface area contributed by atoms with Gasteiger partial charge in [0.25, 0.3) is 0 Å². The molecule has 0 bridgehead atoms. The maximum Gasteiger partial charge on any atom is 0.337 e. The van der Waals surface area contributed by atoms with E-state index in [1.165, 1.54) is 18.2 Å². The molecule has 7 heteroatoms. The van der Waals surface area contributed by atoms with Crippen molar-refractivity contribution < 1.29 is 14.7 Å². The maximum absolute atomic E-state index is 11.8. The van der Waals surface area contributed by atoms with E-state index >= 15 is 0 Å². The molecule has 0 aromatic heterocycles. The molecule has 1 aromatic carbocycles. The van der Waals surface area contributed by atoms with Gasteiger partial charge in [-0.15, -0.1) is 0 Å². The number of carbonyl (C=O) groups excluding carboxylic acids is 1. The number of carboxylic acids is 1. The molecular weight excluding hydrogens is 300 g/mol. The minimum Gasteiger partial charge on any atom is -0.478 e. The number of aromatic carboxylic acids is 1. The molecule has 0 unspecified atom stereocenters. The predicted molar refractivity (Wildman–Crippen MR) is 80.9 cm³/mol. The molecule has 2 amide bonds. The minimum absolute atomic E-state index is 0.0157. The Balaban J connectivity index is 1.93. The number of rotatable bonds is 3. The number of carboxylic acid groups (broad SMARTS) is 1. The zero-order valence-electron chi connectivity index (χ0n) is 10.7. The van der Waals surface area contributed by atoms with Crippen molar-refractivity contribution >= 4 is 41.1 Å². The van der Waals surface area contributed by atoms with Gasteiger partial charge in [0.05, 0.1) is 10.6 Å². The Hall–Kier alpha value is -1.40. The number of amides is 2. The lowest BCUT2D eigenvalue weighted by molar-refractivity contribution is 0.0697. The fourth-order valence-corrected chi connectivity index (χ4v) is 3.33. The first-order valence-electron chi connectivity index (χ1n) is 6.24. The minimum atomic E-state index is -1.09. The monoisotopic (exact) mass is 314 g/mol. The summed E-state index contributed by atoms with van der Waals surface area (Å²) in [4.78, 5) is 22.7.